The molecule has 0 amide bonds. The van der Waals surface area contributed by atoms with Crippen LogP contribution in [0.3, 0.4) is 0 Å². The highest BCUT2D eigenvalue weighted by Crippen LogP contribution is 2.18. The van der Waals surface area contributed by atoms with Crippen molar-refractivity contribution < 1.29 is 4.74 Å². The van der Waals surface area contributed by atoms with Gasteiger partial charge in [-0.1, -0.05) is 27.2 Å². The molecule has 96 valence electrons. The Bertz CT molecular complexity index is 184. The number of hydrogen-bond donors (Lipinski definition) is 1. The fourth-order valence-electron chi connectivity index (χ4n) is 2.56. The first kappa shape index (κ1) is 14.0. The highest BCUT2D eigenvalue weighted by Gasteiger charge is 2.22. The molecule has 2 nitrogen and oxygen atoms in total. The first-order valence-electron chi connectivity index (χ1n) is 7.03. The molecular formula is C14H29NO. The van der Waals surface area contributed by atoms with Gasteiger partial charge in [-0.15, -0.1) is 0 Å². The third kappa shape index (κ3) is 4.84. The molecule has 1 saturated heterocycles. The normalized spacial score (nSPS) is 30.0. The Morgan fingerprint density at radius 2 is 2.06 bits per heavy atom. The molecule has 4 unspecified atom stereocenters. The highest BCUT2D eigenvalue weighted by atomic mass is 16.5. The molecule has 1 fully saturated rings. The van der Waals surface area contributed by atoms with E-state index in [1.807, 2.05) is 0 Å². The molecule has 0 saturated carbocycles. The second-order valence-corrected chi connectivity index (χ2v) is 5.44. The number of rotatable bonds is 6. The van der Waals surface area contributed by atoms with Gasteiger partial charge in [0.15, 0.2) is 0 Å². The monoisotopic (exact) mass is 227 g/mol. The molecule has 0 aliphatic carbocycles. The van der Waals surface area contributed by atoms with Crippen LogP contribution in [0.25, 0.3) is 0 Å². The Balaban J connectivity index is 2.24. The van der Waals surface area contributed by atoms with E-state index in [9.17, 15) is 0 Å². The van der Waals surface area contributed by atoms with Crippen LogP contribution in [0.15, 0.2) is 0 Å². The van der Waals surface area contributed by atoms with E-state index in [1.165, 1.54) is 25.7 Å². The van der Waals surface area contributed by atoms with Crippen molar-refractivity contribution in [3.05, 3.63) is 0 Å². The first-order valence-corrected chi connectivity index (χ1v) is 7.03. The van der Waals surface area contributed by atoms with Crippen molar-refractivity contribution in [3.8, 4) is 0 Å². The van der Waals surface area contributed by atoms with Gasteiger partial charge in [-0.05, 0) is 38.5 Å². The smallest absolute Gasteiger partial charge is 0.0587 e. The Labute approximate surface area is 101 Å². The van der Waals surface area contributed by atoms with Crippen LogP contribution in [0, 0.1) is 5.92 Å². The van der Waals surface area contributed by atoms with Gasteiger partial charge in [0.2, 0.25) is 0 Å². The fourth-order valence-corrected chi connectivity index (χ4v) is 2.56. The van der Waals surface area contributed by atoms with Gasteiger partial charge in [-0.3, -0.25) is 0 Å². The van der Waals surface area contributed by atoms with Gasteiger partial charge in [0.25, 0.3) is 0 Å². The van der Waals surface area contributed by atoms with E-state index in [1.54, 1.807) is 0 Å². The first-order chi connectivity index (χ1) is 7.65. The molecule has 0 radical (unpaired) electrons. The van der Waals surface area contributed by atoms with Crippen LogP contribution >= 0.6 is 0 Å². The minimum absolute atomic E-state index is 0.488. The molecule has 0 aromatic rings. The van der Waals surface area contributed by atoms with Crippen molar-refractivity contribution in [3.63, 3.8) is 0 Å². The summed E-state index contributed by atoms with van der Waals surface area (Å²) in [5.74, 6) is 0.837. The summed E-state index contributed by atoms with van der Waals surface area (Å²) in [5, 5.41) is 3.77. The molecule has 2 heteroatoms. The maximum atomic E-state index is 5.70. The quantitative estimate of drug-likeness (QED) is 0.751. The van der Waals surface area contributed by atoms with Crippen molar-refractivity contribution in [2.75, 3.05) is 6.61 Å². The maximum absolute atomic E-state index is 5.70. The van der Waals surface area contributed by atoms with Crippen molar-refractivity contribution in [2.24, 2.45) is 5.92 Å². The average Bonchev–Trinajstić information content (AvgIpc) is 2.28. The molecule has 0 bridgehead atoms. The van der Waals surface area contributed by atoms with E-state index in [-0.39, 0.29) is 0 Å². The van der Waals surface area contributed by atoms with Gasteiger partial charge >= 0.3 is 0 Å². The van der Waals surface area contributed by atoms with Gasteiger partial charge < -0.3 is 10.1 Å². The largest absolute Gasteiger partial charge is 0.378 e. The summed E-state index contributed by atoms with van der Waals surface area (Å²) in [6.07, 6.45) is 6.60. The third-order valence-corrected chi connectivity index (χ3v) is 3.80. The highest BCUT2D eigenvalue weighted by molar-refractivity contribution is 4.79. The Morgan fingerprint density at radius 3 is 2.69 bits per heavy atom. The topological polar surface area (TPSA) is 21.3 Å². The summed E-state index contributed by atoms with van der Waals surface area (Å²) >= 11 is 0. The lowest BCUT2D eigenvalue weighted by atomic mass is 9.97. The molecule has 0 aromatic heterocycles. The van der Waals surface area contributed by atoms with Crippen LogP contribution in [0.4, 0.5) is 0 Å². The van der Waals surface area contributed by atoms with Crippen LogP contribution in [-0.2, 0) is 4.74 Å². The van der Waals surface area contributed by atoms with Crippen LogP contribution in [0.2, 0.25) is 0 Å². The molecule has 1 N–H and O–H groups in total. The Hall–Kier alpha value is -0.0800. The predicted molar refractivity (Wildman–Crippen MR) is 69.7 cm³/mol. The summed E-state index contributed by atoms with van der Waals surface area (Å²) in [5.41, 5.74) is 0. The van der Waals surface area contributed by atoms with Crippen molar-refractivity contribution in [1.29, 1.82) is 0 Å². The lowest BCUT2D eigenvalue weighted by Crippen LogP contribution is -2.43. The SMILES string of the molecule is CCC(C)CC(C)NC1CCOC(CC)C1. The van der Waals surface area contributed by atoms with Crippen LogP contribution < -0.4 is 5.32 Å². The van der Waals surface area contributed by atoms with Crippen LogP contribution in [0.1, 0.15) is 59.8 Å². The van der Waals surface area contributed by atoms with Crippen LogP contribution in [0.5, 0.6) is 0 Å². The third-order valence-electron chi connectivity index (χ3n) is 3.80. The summed E-state index contributed by atoms with van der Waals surface area (Å²) in [6.45, 7) is 10.1. The molecule has 16 heavy (non-hydrogen) atoms. The van der Waals surface area contributed by atoms with Crippen molar-refractivity contribution in [2.45, 2.75) is 78.0 Å². The van der Waals surface area contributed by atoms with Gasteiger partial charge in [-0.2, -0.15) is 0 Å². The molecule has 0 spiro atoms. The number of ether oxygens (including phenoxy) is 1. The lowest BCUT2D eigenvalue weighted by Gasteiger charge is -2.32. The molecule has 1 rings (SSSR count). The maximum Gasteiger partial charge on any atom is 0.0587 e. The molecule has 1 heterocycles. The van der Waals surface area contributed by atoms with E-state index in [2.05, 4.69) is 33.0 Å². The summed E-state index contributed by atoms with van der Waals surface area (Å²) in [7, 11) is 0. The standard InChI is InChI=1S/C14H29NO/c1-5-11(3)9-12(4)15-13-7-8-16-14(6-2)10-13/h11-15H,5-10H2,1-4H3. The van der Waals surface area contributed by atoms with E-state index in [4.69, 9.17) is 4.74 Å². The van der Waals surface area contributed by atoms with Gasteiger partial charge in [-0.25, -0.2) is 0 Å². The van der Waals surface area contributed by atoms with Crippen LogP contribution in [-0.4, -0.2) is 24.8 Å². The zero-order chi connectivity index (χ0) is 12.0. The fraction of sp³-hybridized carbons (Fsp3) is 1.00. The van der Waals surface area contributed by atoms with Crippen molar-refractivity contribution >= 4 is 0 Å². The summed E-state index contributed by atoms with van der Waals surface area (Å²) in [6, 6.07) is 1.33. The van der Waals surface area contributed by atoms with E-state index >= 15 is 0 Å². The van der Waals surface area contributed by atoms with E-state index in [0.717, 1.165) is 18.9 Å². The molecule has 0 aromatic carbocycles. The zero-order valence-electron chi connectivity index (χ0n) is 11.5. The molecular weight excluding hydrogens is 198 g/mol. The molecule has 1 aliphatic rings. The van der Waals surface area contributed by atoms with E-state index < -0.39 is 0 Å². The second kappa shape index (κ2) is 7.29. The van der Waals surface area contributed by atoms with E-state index in [0.29, 0.717) is 18.2 Å². The predicted octanol–water partition coefficient (Wildman–Crippen LogP) is 3.36. The Morgan fingerprint density at radius 1 is 1.31 bits per heavy atom. The average molecular weight is 227 g/mol. The molecule has 4 atom stereocenters. The number of hydrogen-bond acceptors (Lipinski definition) is 2. The lowest BCUT2D eigenvalue weighted by molar-refractivity contribution is -0.00199. The zero-order valence-corrected chi connectivity index (χ0v) is 11.5. The summed E-state index contributed by atoms with van der Waals surface area (Å²) < 4.78 is 5.70. The summed E-state index contributed by atoms with van der Waals surface area (Å²) in [4.78, 5) is 0. The van der Waals surface area contributed by atoms with Crippen molar-refractivity contribution in [1.82, 2.24) is 5.32 Å². The molecule has 1 aliphatic heterocycles. The Kier molecular flexibility index (Phi) is 6.37. The van der Waals surface area contributed by atoms with Gasteiger partial charge in [0, 0.05) is 18.7 Å². The minimum Gasteiger partial charge on any atom is -0.378 e. The van der Waals surface area contributed by atoms with Gasteiger partial charge in [0.05, 0.1) is 6.10 Å². The number of nitrogens with one attached hydrogen (secondary N) is 1. The van der Waals surface area contributed by atoms with Gasteiger partial charge in [0.1, 0.15) is 0 Å². The minimum atomic E-state index is 0.488. The second-order valence-electron chi connectivity index (χ2n) is 5.44.